The van der Waals surface area contributed by atoms with Gasteiger partial charge in [-0.3, -0.25) is 0 Å². The van der Waals surface area contributed by atoms with Crippen molar-refractivity contribution >= 4 is 17.3 Å². The molecule has 3 nitrogen and oxygen atoms in total. The van der Waals surface area contributed by atoms with Crippen LogP contribution >= 0.6 is 11.6 Å². The van der Waals surface area contributed by atoms with Crippen molar-refractivity contribution in [3.63, 3.8) is 0 Å². The van der Waals surface area contributed by atoms with Crippen LogP contribution in [-0.4, -0.2) is 13.7 Å². The molecule has 0 heterocycles. The highest BCUT2D eigenvalue weighted by atomic mass is 35.5. The molecule has 21 heavy (non-hydrogen) atoms. The Bertz CT molecular complexity index is 614. The molecular formula is C17H20ClNO2. The van der Waals surface area contributed by atoms with E-state index in [9.17, 15) is 0 Å². The normalized spacial score (nSPS) is 10.3. The molecule has 4 heteroatoms. The number of nitrogens with one attached hydrogen (secondary N) is 1. The Hall–Kier alpha value is -1.87. The Balaban J connectivity index is 2.08. The summed E-state index contributed by atoms with van der Waals surface area (Å²) < 4.78 is 10.9. The van der Waals surface area contributed by atoms with Crippen molar-refractivity contribution in [2.24, 2.45) is 0 Å². The monoisotopic (exact) mass is 305 g/mol. The van der Waals surface area contributed by atoms with Gasteiger partial charge >= 0.3 is 0 Å². The van der Waals surface area contributed by atoms with E-state index in [0.717, 1.165) is 33.3 Å². The molecule has 0 amide bonds. The SMILES string of the molecule is CCOc1cc(CNc2ccc(C)c(Cl)c2)ccc1OC. The Kier molecular flexibility index (Phi) is 5.34. The van der Waals surface area contributed by atoms with E-state index in [0.29, 0.717) is 13.2 Å². The summed E-state index contributed by atoms with van der Waals surface area (Å²) in [6.45, 7) is 5.26. The molecule has 2 rings (SSSR count). The maximum absolute atomic E-state index is 6.13. The van der Waals surface area contributed by atoms with E-state index in [-0.39, 0.29) is 0 Å². The third-order valence-electron chi connectivity index (χ3n) is 3.20. The number of ether oxygens (including phenoxy) is 2. The van der Waals surface area contributed by atoms with Crippen LogP contribution in [-0.2, 0) is 6.54 Å². The molecule has 0 aliphatic heterocycles. The first-order chi connectivity index (χ1) is 10.1. The van der Waals surface area contributed by atoms with E-state index in [2.05, 4.69) is 5.32 Å². The van der Waals surface area contributed by atoms with Crippen molar-refractivity contribution in [2.75, 3.05) is 19.0 Å². The fraction of sp³-hybridized carbons (Fsp3) is 0.294. The van der Waals surface area contributed by atoms with Gasteiger partial charge in [-0.15, -0.1) is 0 Å². The average Bonchev–Trinajstić information content (AvgIpc) is 2.49. The predicted molar refractivity (Wildman–Crippen MR) is 87.7 cm³/mol. The zero-order valence-corrected chi connectivity index (χ0v) is 13.3. The third-order valence-corrected chi connectivity index (χ3v) is 3.60. The van der Waals surface area contributed by atoms with E-state index < -0.39 is 0 Å². The smallest absolute Gasteiger partial charge is 0.161 e. The summed E-state index contributed by atoms with van der Waals surface area (Å²) in [6, 6.07) is 11.9. The molecule has 0 radical (unpaired) electrons. The molecule has 0 saturated carbocycles. The van der Waals surface area contributed by atoms with Crippen molar-refractivity contribution in [1.82, 2.24) is 0 Å². The highest BCUT2D eigenvalue weighted by Crippen LogP contribution is 2.28. The molecular weight excluding hydrogens is 286 g/mol. The van der Waals surface area contributed by atoms with Gasteiger partial charge in [0.2, 0.25) is 0 Å². The second kappa shape index (κ2) is 7.23. The standard InChI is InChI=1S/C17H20ClNO2/c1-4-21-17-9-13(6-8-16(17)20-3)11-19-14-7-5-12(2)15(18)10-14/h5-10,19H,4,11H2,1-3H3. The van der Waals surface area contributed by atoms with Crippen LogP contribution in [0.1, 0.15) is 18.1 Å². The molecule has 0 aliphatic carbocycles. The first kappa shape index (κ1) is 15.5. The summed E-state index contributed by atoms with van der Waals surface area (Å²) in [5.74, 6) is 1.51. The highest BCUT2D eigenvalue weighted by Gasteiger charge is 2.05. The van der Waals surface area contributed by atoms with Crippen LogP contribution in [0.25, 0.3) is 0 Å². The largest absolute Gasteiger partial charge is 0.493 e. The van der Waals surface area contributed by atoms with E-state index in [1.54, 1.807) is 7.11 Å². The van der Waals surface area contributed by atoms with E-state index in [1.165, 1.54) is 0 Å². The number of hydrogen-bond donors (Lipinski definition) is 1. The molecule has 0 unspecified atom stereocenters. The lowest BCUT2D eigenvalue weighted by molar-refractivity contribution is 0.310. The van der Waals surface area contributed by atoms with Gasteiger partial charge in [-0.1, -0.05) is 23.7 Å². The summed E-state index contributed by atoms with van der Waals surface area (Å²) >= 11 is 6.13. The van der Waals surface area contributed by atoms with Crippen LogP contribution in [0.5, 0.6) is 11.5 Å². The van der Waals surface area contributed by atoms with E-state index >= 15 is 0 Å². The number of rotatable bonds is 6. The molecule has 0 fully saturated rings. The van der Waals surface area contributed by atoms with Crippen molar-refractivity contribution in [1.29, 1.82) is 0 Å². The molecule has 0 bridgehead atoms. The minimum atomic E-state index is 0.612. The number of anilines is 1. The molecule has 0 atom stereocenters. The van der Waals surface area contributed by atoms with Gasteiger partial charge in [0.05, 0.1) is 13.7 Å². The summed E-state index contributed by atoms with van der Waals surface area (Å²) in [6.07, 6.45) is 0. The van der Waals surface area contributed by atoms with Crippen LogP contribution in [0.3, 0.4) is 0 Å². The van der Waals surface area contributed by atoms with Gasteiger partial charge in [0.1, 0.15) is 0 Å². The van der Waals surface area contributed by atoms with Gasteiger partial charge < -0.3 is 14.8 Å². The van der Waals surface area contributed by atoms with Gasteiger partial charge in [0.15, 0.2) is 11.5 Å². The van der Waals surface area contributed by atoms with Gasteiger partial charge in [0.25, 0.3) is 0 Å². The molecule has 0 aliphatic rings. The summed E-state index contributed by atoms with van der Waals surface area (Å²) in [4.78, 5) is 0. The van der Waals surface area contributed by atoms with E-state index in [1.807, 2.05) is 50.2 Å². The van der Waals surface area contributed by atoms with Gasteiger partial charge in [-0.25, -0.2) is 0 Å². The molecule has 2 aromatic carbocycles. The van der Waals surface area contributed by atoms with Crippen LogP contribution < -0.4 is 14.8 Å². The zero-order chi connectivity index (χ0) is 15.2. The van der Waals surface area contributed by atoms with Crippen molar-refractivity contribution < 1.29 is 9.47 Å². The van der Waals surface area contributed by atoms with Crippen LogP contribution in [0.4, 0.5) is 5.69 Å². The minimum Gasteiger partial charge on any atom is -0.493 e. The Morgan fingerprint density at radius 2 is 1.90 bits per heavy atom. The first-order valence-electron chi connectivity index (χ1n) is 6.93. The lowest BCUT2D eigenvalue weighted by atomic mass is 10.2. The lowest BCUT2D eigenvalue weighted by Crippen LogP contribution is -2.01. The van der Waals surface area contributed by atoms with Crippen molar-refractivity contribution in [2.45, 2.75) is 20.4 Å². The molecule has 0 spiro atoms. The fourth-order valence-electron chi connectivity index (χ4n) is 2.01. The average molecular weight is 306 g/mol. The summed E-state index contributed by atoms with van der Waals surface area (Å²) in [5.41, 5.74) is 3.20. The van der Waals surface area contributed by atoms with Crippen LogP contribution in [0.15, 0.2) is 36.4 Å². The predicted octanol–water partition coefficient (Wildman–Crippen LogP) is 4.67. The number of methoxy groups -OCH3 is 1. The molecule has 112 valence electrons. The second-order valence-electron chi connectivity index (χ2n) is 4.74. The van der Waals surface area contributed by atoms with Crippen LogP contribution in [0.2, 0.25) is 5.02 Å². The molecule has 0 aromatic heterocycles. The number of hydrogen-bond acceptors (Lipinski definition) is 3. The van der Waals surface area contributed by atoms with Gasteiger partial charge in [0, 0.05) is 17.3 Å². The third kappa shape index (κ3) is 4.05. The minimum absolute atomic E-state index is 0.612. The van der Waals surface area contributed by atoms with Crippen molar-refractivity contribution in [3.8, 4) is 11.5 Å². The Morgan fingerprint density at radius 3 is 2.57 bits per heavy atom. The Labute approximate surface area is 130 Å². The maximum atomic E-state index is 6.13. The number of halogens is 1. The fourth-order valence-corrected chi connectivity index (χ4v) is 2.19. The quantitative estimate of drug-likeness (QED) is 0.841. The second-order valence-corrected chi connectivity index (χ2v) is 5.14. The number of aryl methyl sites for hydroxylation is 1. The highest BCUT2D eigenvalue weighted by molar-refractivity contribution is 6.31. The van der Waals surface area contributed by atoms with Gasteiger partial charge in [-0.2, -0.15) is 0 Å². The first-order valence-corrected chi connectivity index (χ1v) is 7.31. The van der Waals surface area contributed by atoms with E-state index in [4.69, 9.17) is 21.1 Å². The zero-order valence-electron chi connectivity index (χ0n) is 12.6. The molecule has 1 N–H and O–H groups in total. The maximum Gasteiger partial charge on any atom is 0.161 e. The molecule has 2 aromatic rings. The lowest BCUT2D eigenvalue weighted by Gasteiger charge is -2.12. The molecule has 0 saturated heterocycles. The summed E-state index contributed by atoms with van der Waals surface area (Å²) in [7, 11) is 1.64. The summed E-state index contributed by atoms with van der Waals surface area (Å²) in [5, 5.41) is 4.12. The topological polar surface area (TPSA) is 30.5 Å². The van der Waals surface area contributed by atoms with Crippen molar-refractivity contribution in [3.05, 3.63) is 52.5 Å². The Morgan fingerprint density at radius 1 is 1.10 bits per heavy atom. The van der Waals surface area contributed by atoms with Crippen LogP contribution in [0, 0.1) is 6.92 Å². The van der Waals surface area contributed by atoms with Gasteiger partial charge in [-0.05, 0) is 49.2 Å². The number of benzene rings is 2.